The number of fused-ring (bicyclic) bond motifs is 1. The van der Waals surface area contributed by atoms with Crippen molar-refractivity contribution in [2.24, 2.45) is 0 Å². The summed E-state index contributed by atoms with van der Waals surface area (Å²) in [5.74, 6) is 0. The first-order chi connectivity index (χ1) is 7.70. The Morgan fingerprint density at radius 3 is 2.88 bits per heavy atom. The summed E-state index contributed by atoms with van der Waals surface area (Å²) < 4.78 is 0. The second kappa shape index (κ2) is 4.81. The molecule has 1 heterocycles. The lowest BCUT2D eigenvalue weighted by Gasteiger charge is -2.06. The quantitative estimate of drug-likeness (QED) is 0.883. The number of aryl methyl sites for hydroxylation is 1. The molecule has 0 unspecified atom stereocenters. The summed E-state index contributed by atoms with van der Waals surface area (Å²) in [7, 11) is 1.95. The maximum absolute atomic E-state index is 5.98. The van der Waals surface area contributed by atoms with Gasteiger partial charge in [0.15, 0.2) is 0 Å². The average Bonchev–Trinajstić information content (AvgIpc) is 2.27. The van der Waals surface area contributed by atoms with E-state index in [1.807, 2.05) is 25.2 Å². The monoisotopic (exact) mass is 234 g/mol. The molecule has 16 heavy (non-hydrogen) atoms. The maximum atomic E-state index is 5.98. The molecule has 0 aliphatic carbocycles. The molecule has 84 valence electrons. The minimum atomic E-state index is 0.764. The SMILES string of the molecule is CNCCc1cc(C)c2cc(Cl)ccc2n1. The van der Waals surface area contributed by atoms with Crippen LogP contribution in [0.15, 0.2) is 24.3 Å². The van der Waals surface area contributed by atoms with E-state index < -0.39 is 0 Å². The fraction of sp³-hybridized carbons (Fsp3) is 0.308. The third-order valence-corrected chi connectivity index (χ3v) is 2.90. The van der Waals surface area contributed by atoms with Crippen molar-refractivity contribution >= 4 is 22.5 Å². The molecule has 0 atom stereocenters. The fourth-order valence-corrected chi connectivity index (χ4v) is 1.99. The van der Waals surface area contributed by atoms with Crippen LogP contribution in [0.5, 0.6) is 0 Å². The molecule has 0 bridgehead atoms. The predicted molar refractivity (Wildman–Crippen MR) is 69.1 cm³/mol. The van der Waals surface area contributed by atoms with E-state index in [2.05, 4.69) is 23.3 Å². The molecule has 0 fully saturated rings. The molecule has 3 heteroatoms. The normalized spacial score (nSPS) is 10.9. The lowest BCUT2D eigenvalue weighted by molar-refractivity contribution is 0.778. The summed E-state index contributed by atoms with van der Waals surface area (Å²) in [6.07, 6.45) is 0.954. The number of likely N-dealkylation sites (N-methyl/N-ethyl adjacent to an activating group) is 1. The third-order valence-electron chi connectivity index (χ3n) is 2.66. The van der Waals surface area contributed by atoms with Crippen LogP contribution in [-0.2, 0) is 6.42 Å². The molecule has 0 spiro atoms. The second-order valence-electron chi connectivity index (χ2n) is 3.95. The van der Waals surface area contributed by atoms with Gasteiger partial charge in [-0.25, -0.2) is 0 Å². The summed E-state index contributed by atoms with van der Waals surface area (Å²) in [5.41, 5.74) is 3.38. The van der Waals surface area contributed by atoms with E-state index in [-0.39, 0.29) is 0 Å². The van der Waals surface area contributed by atoms with Crippen molar-refractivity contribution in [3.05, 3.63) is 40.5 Å². The highest BCUT2D eigenvalue weighted by Gasteiger charge is 2.03. The molecule has 0 saturated carbocycles. The van der Waals surface area contributed by atoms with Crippen LogP contribution in [0.3, 0.4) is 0 Å². The molecule has 0 saturated heterocycles. The van der Waals surface area contributed by atoms with Gasteiger partial charge in [0.05, 0.1) is 5.52 Å². The Kier molecular flexibility index (Phi) is 3.42. The zero-order chi connectivity index (χ0) is 11.5. The van der Waals surface area contributed by atoms with Gasteiger partial charge in [0.25, 0.3) is 0 Å². The van der Waals surface area contributed by atoms with Gasteiger partial charge in [0, 0.05) is 29.1 Å². The van der Waals surface area contributed by atoms with Gasteiger partial charge in [-0.05, 0) is 43.8 Å². The lowest BCUT2D eigenvalue weighted by atomic mass is 10.1. The van der Waals surface area contributed by atoms with Gasteiger partial charge in [-0.1, -0.05) is 11.6 Å². The number of nitrogens with one attached hydrogen (secondary N) is 1. The molecule has 1 aromatic carbocycles. The fourth-order valence-electron chi connectivity index (χ4n) is 1.82. The number of benzene rings is 1. The topological polar surface area (TPSA) is 24.9 Å². The Bertz CT molecular complexity index is 509. The van der Waals surface area contributed by atoms with Gasteiger partial charge in [-0.2, -0.15) is 0 Å². The highest BCUT2D eigenvalue weighted by atomic mass is 35.5. The highest BCUT2D eigenvalue weighted by molar-refractivity contribution is 6.31. The summed E-state index contributed by atoms with van der Waals surface area (Å²) >= 11 is 5.98. The number of pyridine rings is 1. The molecular weight excluding hydrogens is 220 g/mol. The van der Waals surface area contributed by atoms with Crippen LogP contribution in [0.25, 0.3) is 10.9 Å². The van der Waals surface area contributed by atoms with Crippen molar-refractivity contribution in [1.82, 2.24) is 10.3 Å². The zero-order valence-corrected chi connectivity index (χ0v) is 10.3. The Morgan fingerprint density at radius 1 is 1.31 bits per heavy atom. The van der Waals surface area contributed by atoms with Crippen molar-refractivity contribution in [3.63, 3.8) is 0 Å². The summed E-state index contributed by atoms with van der Waals surface area (Å²) in [4.78, 5) is 4.62. The number of halogens is 1. The maximum Gasteiger partial charge on any atom is 0.0709 e. The van der Waals surface area contributed by atoms with E-state index in [9.17, 15) is 0 Å². The molecule has 1 aromatic heterocycles. The Balaban J connectivity index is 2.46. The minimum absolute atomic E-state index is 0.764. The Hall–Kier alpha value is -1.12. The van der Waals surface area contributed by atoms with E-state index in [1.54, 1.807) is 0 Å². The van der Waals surface area contributed by atoms with Crippen LogP contribution >= 0.6 is 11.6 Å². The first kappa shape index (κ1) is 11.4. The predicted octanol–water partition coefficient (Wildman–Crippen LogP) is 2.96. The van der Waals surface area contributed by atoms with Crippen LogP contribution in [0.2, 0.25) is 5.02 Å². The van der Waals surface area contributed by atoms with Gasteiger partial charge in [-0.15, -0.1) is 0 Å². The van der Waals surface area contributed by atoms with Crippen molar-refractivity contribution in [2.75, 3.05) is 13.6 Å². The standard InChI is InChI=1S/C13H15ClN2/c1-9-7-11(5-6-15-2)16-13-4-3-10(14)8-12(9)13/h3-4,7-8,15H,5-6H2,1-2H3. The number of hydrogen-bond acceptors (Lipinski definition) is 2. The van der Waals surface area contributed by atoms with Gasteiger partial charge in [-0.3, -0.25) is 4.98 Å². The van der Waals surface area contributed by atoms with Gasteiger partial charge in [0.2, 0.25) is 0 Å². The number of rotatable bonds is 3. The van der Waals surface area contributed by atoms with Crippen LogP contribution in [0, 0.1) is 6.92 Å². The highest BCUT2D eigenvalue weighted by Crippen LogP contribution is 2.21. The largest absolute Gasteiger partial charge is 0.319 e. The van der Waals surface area contributed by atoms with E-state index in [0.29, 0.717) is 0 Å². The van der Waals surface area contributed by atoms with Crippen molar-refractivity contribution < 1.29 is 0 Å². The van der Waals surface area contributed by atoms with Crippen LogP contribution < -0.4 is 5.32 Å². The molecule has 0 aliphatic heterocycles. The molecule has 2 nitrogen and oxygen atoms in total. The molecular formula is C13H15ClN2. The Labute approximate surface area is 101 Å². The third kappa shape index (κ3) is 2.34. The number of aromatic nitrogens is 1. The number of nitrogens with zero attached hydrogens (tertiary/aromatic N) is 1. The van der Waals surface area contributed by atoms with Crippen molar-refractivity contribution in [1.29, 1.82) is 0 Å². The van der Waals surface area contributed by atoms with Crippen molar-refractivity contribution in [2.45, 2.75) is 13.3 Å². The summed E-state index contributed by atoms with van der Waals surface area (Å²) in [6, 6.07) is 7.97. The second-order valence-corrected chi connectivity index (χ2v) is 4.38. The average molecular weight is 235 g/mol. The molecule has 0 radical (unpaired) electrons. The first-order valence-corrected chi connectivity index (χ1v) is 5.79. The Morgan fingerprint density at radius 2 is 2.12 bits per heavy atom. The van der Waals surface area contributed by atoms with E-state index in [0.717, 1.165) is 34.6 Å². The molecule has 2 rings (SSSR count). The van der Waals surface area contributed by atoms with E-state index >= 15 is 0 Å². The van der Waals surface area contributed by atoms with Gasteiger partial charge in [0.1, 0.15) is 0 Å². The molecule has 0 aliphatic rings. The summed E-state index contributed by atoms with van der Waals surface area (Å²) in [6.45, 7) is 3.05. The van der Waals surface area contributed by atoms with Gasteiger partial charge >= 0.3 is 0 Å². The number of hydrogen-bond donors (Lipinski definition) is 1. The van der Waals surface area contributed by atoms with Crippen molar-refractivity contribution in [3.8, 4) is 0 Å². The van der Waals surface area contributed by atoms with Crippen LogP contribution in [0.1, 0.15) is 11.3 Å². The van der Waals surface area contributed by atoms with Gasteiger partial charge < -0.3 is 5.32 Å². The molecule has 0 amide bonds. The molecule has 2 aromatic rings. The van der Waals surface area contributed by atoms with E-state index in [4.69, 9.17) is 11.6 Å². The smallest absolute Gasteiger partial charge is 0.0709 e. The zero-order valence-electron chi connectivity index (χ0n) is 9.55. The summed E-state index contributed by atoms with van der Waals surface area (Å²) in [5, 5.41) is 5.04. The first-order valence-electron chi connectivity index (χ1n) is 5.41. The van der Waals surface area contributed by atoms with Crippen LogP contribution in [-0.4, -0.2) is 18.6 Å². The lowest BCUT2D eigenvalue weighted by Crippen LogP contribution is -2.11. The van der Waals surface area contributed by atoms with Crippen LogP contribution in [0.4, 0.5) is 0 Å². The van der Waals surface area contributed by atoms with E-state index in [1.165, 1.54) is 5.56 Å². The minimum Gasteiger partial charge on any atom is -0.319 e. The molecule has 1 N–H and O–H groups in total.